The van der Waals surface area contributed by atoms with Crippen LogP contribution in [0.15, 0.2) is 71.6 Å². The Kier molecular flexibility index (Phi) is 7.38. The molecule has 198 valence electrons. The molecule has 3 N–H and O–H groups in total. The summed E-state index contributed by atoms with van der Waals surface area (Å²) < 4.78 is 42.5. The lowest BCUT2D eigenvalue weighted by atomic mass is 10.0. The van der Waals surface area contributed by atoms with E-state index in [-0.39, 0.29) is 34.4 Å². The fourth-order valence-electron chi connectivity index (χ4n) is 4.18. The van der Waals surface area contributed by atoms with Crippen molar-refractivity contribution in [2.24, 2.45) is 5.73 Å². The van der Waals surface area contributed by atoms with E-state index in [1.54, 1.807) is 36.7 Å². The van der Waals surface area contributed by atoms with Crippen molar-refractivity contribution in [3.8, 4) is 11.4 Å². The highest BCUT2D eigenvalue weighted by Crippen LogP contribution is 2.32. The molecule has 0 aliphatic carbocycles. The SMILES string of the molecule is C/C=C(/c1ccc(Cn2c(=O)[nH]c3cnc(-c4cccnc4C(C)C)nc32)cc1)N(/C=C(/C)N)C(F)(F)F. The van der Waals surface area contributed by atoms with Gasteiger partial charge in [0.1, 0.15) is 5.52 Å². The normalized spacial score (nSPS) is 12.9. The summed E-state index contributed by atoms with van der Waals surface area (Å²) >= 11 is 0. The third-order valence-electron chi connectivity index (χ3n) is 5.87. The van der Waals surface area contributed by atoms with E-state index < -0.39 is 6.30 Å². The summed E-state index contributed by atoms with van der Waals surface area (Å²) in [7, 11) is 0. The zero-order valence-corrected chi connectivity index (χ0v) is 21.4. The quantitative estimate of drug-likeness (QED) is 0.316. The third kappa shape index (κ3) is 5.46. The van der Waals surface area contributed by atoms with Gasteiger partial charge in [-0.25, -0.2) is 14.8 Å². The molecule has 38 heavy (non-hydrogen) atoms. The van der Waals surface area contributed by atoms with E-state index in [0.717, 1.165) is 17.5 Å². The van der Waals surface area contributed by atoms with Gasteiger partial charge in [0.15, 0.2) is 11.5 Å². The third-order valence-corrected chi connectivity index (χ3v) is 5.87. The van der Waals surface area contributed by atoms with Crippen LogP contribution >= 0.6 is 0 Å². The average molecular weight is 524 g/mol. The summed E-state index contributed by atoms with van der Waals surface area (Å²) in [6.07, 6.45) is 0.841. The van der Waals surface area contributed by atoms with Crippen molar-refractivity contribution in [3.05, 3.63) is 94.1 Å². The number of halogens is 3. The van der Waals surface area contributed by atoms with Crippen LogP contribution in [-0.2, 0) is 6.54 Å². The van der Waals surface area contributed by atoms with Gasteiger partial charge in [-0.2, -0.15) is 0 Å². The molecule has 0 aliphatic rings. The summed E-state index contributed by atoms with van der Waals surface area (Å²) in [5, 5.41) is 0. The largest absolute Gasteiger partial charge is 0.488 e. The molecule has 11 heteroatoms. The maximum absolute atomic E-state index is 13.7. The number of nitrogens with zero attached hydrogens (tertiary/aromatic N) is 5. The average Bonchev–Trinajstić information content (AvgIpc) is 3.18. The monoisotopic (exact) mass is 523 g/mol. The Morgan fingerprint density at radius 3 is 2.50 bits per heavy atom. The van der Waals surface area contributed by atoms with Crippen LogP contribution in [0.3, 0.4) is 0 Å². The molecular formula is C27H28F3N7O. The first-order chi connectivity index (χ1) is 18.0. The highest BCUT2D eigenvalue weighted by atomic mass is 19.4. The predicted molar refractivity (Wildman–Crippen MR) is 141 cm³/mol. The van der Waals surface area contributed by atoms with Gasteiger partial charge >= 0.3 is 12.0 Å². The molecule has 0 amide bonds. The molecule has 4 rings (SSSR count). The van der Waals surface area contributed by atoms with E-state index in [1.165, 1.54) is 24.5 Å². The number of pyridine rings is 1. The standard InChI is InChI=1S/C27H28F3N7O/c1-5-22(37(14-17(4)31)27(28,29)30)19-10-8-18(9-11-19)15-36-25-21(34-26(36)38)13-33-24(35-25)20-7-6-12-32-23(20)16(2)3/h5-14,16H,15,31H2,1-4H3,(H,34,38)/b17-14-,22-5-. The Bertz CT molecular complexity index is 1560. The molecule has 0 bridgehead atoms. The molecule has 0 saturated carbocycles. The zero-order valence-electron chi connectivity index (χ0n) is 21.4. The van der Waals surface area contributed by atoms with Crippen molar-refractivity contribution in [3.63, 3.8) is 0 Å². The van der Waals surface area contributed by atoms with Crippen molar-refractivity contribution >= 4 is 16.9 Å². The van der Waals surface area contributed by atoms with Gasteiger partial charge in [0.25, 0.3) is 0 Å². The topological polar surface area (TPSA) is 106 Å². The minimum Gasteiger partial charge on any atom is -0.401 e. The Balaban J connectivity index is 1.68. The van der Waals surface area contributed by atoms with E-state index in [4.69, 9.17) is 5.73 Å². The maximum Gasteiger partial charge on any atom is 0.488 e. The van der Waals surface area contributed by atoms with Crippen molar-refractivity contribution in [2.75, 3.05) is 0 Å². The molecule has 0 unspecified atom stereocenters. The van der Waals surface area contributed by atoms with Crippen molar-refractivity contribution in [2.45, 2.75) is 46.5 Å². The lowest BCUT2D eigenvalue weighted by molar-refractivity contribution is -0.206. The minimum absolute atomic E-state index is 0.0187. The number of fused-ring (bicyclic) bond motifs is 1. The number of alkyl halides is 3. The summed E-state index contributed by atoms with van der Waals surface area (Å²) in [5.74, 6) is 0.600. The second kappa shape index (κ2) is 10.5. The lowest BCUT2D eigenvalue weighted by Crippen LogP contribution is -2.32. The minimum atomic E-state index is -4.65. The van der Waals surface area contributed by atoms with Gasteiger partial charge in [0.2, 0.25) is 0 Å². The molecule has 0 radical (unpaired) electrons. The number of H-pyrrole nitrogens is 1. The number of imidazole rings is 1. The number of aromatic amines is 1. The van der Waals surface area contributed by atoms with Gasteiger partial charge in [0, 0.05) is 23.7 Å². The van der Waals surface area contributed by atoms with Crippen molar-refractivity contribution < 1.29 is 13.2 Å². The van der Waals surface area contributed by atoms with E-state index in [9.17, 15) is 18.0 Å². The molecule has 0 spiro atoms. The van der Waals surface area contributed by atoms with E-state index >= 15 is 0 Å². The number of nitrogens with two attached hydrogens (primary N) is 1. The van der Waals surface area contributed by atoms with Crippen LogP contribution in [0.2, 0.25) is 0 Å². The molecule has 1 aromatic carbocycles. The van der Waals surface area contributed by atoms with Gasteiger partial charge in [-0.05, 0) is 43.0 Å². The fraction of sp³-hybridized carbons (Fsp3) is 0.259. The maximum atomic E-state index is 13.7. The fourth-order valence-corrected chi connectivity index (χ4v) is 4.18. The van der Waals surface area contributed by atoms with Crippen LogP contribution in [-0.4, -0.2) is 35.7 Å². The Morgan fingerprint density at radius 2 is 1.89 bits per heavy atom. The van der Waals surface area contributed by atoms with Crippen LogP contribution in [0.1, 0.15) is 50.4 Å². The Labute approximate surface area is 217 Å². The Morgan fingerprint density at radius 1 is 1.18 bits per heavy atom. The lowest BCUT2D eigenvalue weighted by Gasteiger charge is -2.26. The number of hydrogen-bond acceptors (Lipinski definition) is 6. The first-order valence-electron chi connectivity index (χ1n) is 12.0. The van der Waals surface area contributed by atoms with Gasteiger partial charge < -0.3 is 10.7 Å². The molecule has 3 heterocycles. The highest BCUT2D eigenvalue weighted by molar-refractivity contribution is 5.73. The predicted octanol–water partition coefficient (Wildman–Crippen LogP) is 5.36. The number of aromatic nitrogens is 5. The smallest absolute Gasteiger partial charge is 0.401 e. The zero-order chi connectivity index (χ0) is 27.6. The van der Waals surface area contributed by atoms with Crippen LogP contribution in [0.4, 0.5) is 13.2 Å². The van der Waals surface area contributed by atoms with E-state index in [1.807, 2.05) is 26.0 Å². The molecule has 0 aliphatic heterocycles. The number of benzene rings is 1. The molecule has 0 fully saturated rings. The van der Waals surface area contributed by atoms with Gasteiger partial charge in [-0.3, -0.25) is 14.5 Å². The second-order valence-electron chi connectivity index (χ2n) is 9.12. The van der Waals surface area contributed by atoms with Gasteiger partial charge in [-0.15, -0.1) is 13.2 Å². The Hall–Kier alpha value is -4.41. The van der Waals surface area contributed by atoms with Crippen LogP contribution < -0.4 is 11.4 Å². The van der Waals surface area contributed by atoms with Crippen LogP contribution in [0.25, 0.3) is 28.2 Å². The summed E-state index contributed by atoms with van der Waals surface area (Å²) in [6.45, 7) is 7.13. The molecule has 4 aromatic rings. The number of allylic oxidation sites excluding steroid dienone is 2. The number of rotatable bonds is 7. The summed E-state index contributed by atoms with van der Waals surface area (Å²) in [4.78, 5) is 29.3. The molecule has 3 aromatic heterocycles. The highest BCUT2D eigenvalue weighted by Gasteiger charge is 2.38. The van der Waals surface area contributed by atoms with Crippen LogP contribution in [0.5, 0.6) is 0 Å². The second-order valence-corrected chi connectivity index (χ2v) is 9.12. The summed E-state index contributed by atoms with van der Waals surface area (Å²) in [5.41, 5.74) is 8.70. The van der Waals surface area contributed by atoms with Gasteiger partial charge in [-0.1, -0.05) is 44.2 Å². The molecular weight excluding hydrogens is 495 g/mol. The van der Waals surface area contributed by atoms with E-state index in [2.05, 4.69) is 19.9 Å². The van der Waals surface area contributed by atoms with Crippen molar-refractivity contribution in [1.82, 2.24) is 29.4 Å². The molecule has 0 atom stereocenters. The first-order valence-corrected chi connectivity index (χ1v) is 12.0. The number of nitrogens with one attached hydrogen (secondary N) is 1. The van der Waals surface area contributed by atoms with Crippen LogP contribution in [0, 0.1) is 0 Å². The van der Waals surface area contributed by atoms with E-state index in [0.29, 0.717) is 28.1 Å². The molecule has 0 saturated heterocycles. The van der Waals surface area contributed by atoms with Crippen molar-refractivity contribution in [1.29, 1.82) is 0 Å². The molecule has 8 nitrogen and oxygen atoms in total. The first kappa shape index (κ1) is 26.6. The van der Waals surface area contributed by atoms with Gasteiger partial charge in [0.05, 0.1) is 24.1 Å². The summed E-state index contributed by atoms with van der Waals surface area (Å²) in [6, 6.07) is 10.2. The number of hydrogen-bond donors (Lipinski definition) is 2.